The molecule has 11 heteroatoms. The van der Waals surface area contributed by atoms with Gasteiger partial charge in [0, 0.05) is 35.3 Å². The molecule has 0 radical (unpaired) electrons. The van der Waals surface area contributed by atoms with Gasteiger partial charge in [0.1, 0.15) is 0 Å². The zero-order valence-corrected chi connectivity index (χ0v) is 20.8. The molecule has 3 rings (SSSR count). The molecule has 1 amide bonds. The number of amides is 1. The van der Waals surface area contributed by atoms with Crippen molar-refractivity contribution in [2.75, 3.05) is 6.54 Å². The summed E-state index contributed by atoms with van der Waals surface area (Å²) in [5.41, 5.74) is 3.51. The van der Waals surface area contributed by atoms with Crippen LogP contribution in [-0.4, -0.2) is 38.4 Å². The third kappa shape index (κ3) is 5.45. The topological polar surface area (TPSA) is 53.7 Å². The molecule has 0 bridgehead atoms. The van der Waals surface area contributed by atoms with Gasteiger partial charge < -0.3 is 9.47 Å². The average Bonchev–Trinajstić information content (AvgIpc) is 3.13. The van der Waals surface area contributed by atoms with Gasteiger partial charge in [-0.15, -0.1) is 0 Å². The lowest BCUT2D eigenvalue weighted by Crippen LogP contribution is -2.32. The molecule has 2 aromatic rings. The lowest BCUT2D eigenvalue weighted by Gasteiger charge is -2.30. The van der Waals surface area contributed by atoms with Gasteiger partial charge in [0.25, 0.3) is 6.43 Å². The van der Waals surface area contributed by atoms with Gasteiger partial charge in [0.05, 0.1) is 36.9 Å². The van der Waals surface area contributed by atoms with E-state index in [1.807, 2.05) is 11.5 Å². The van der Waals surface area contributed by atoms with Crippen LogP contribution in [0.25, 0.3) is 0 Å². The number of benzene rings is 1. The maximum Gasteiger partial charge on any atom is 0.264 e. The van der Waals surface area contributed by atoms with E-state index in [1.54, 1.807) is 30.7 Å². The molecule has 0 N–H and O–H groups in total. The SMILES string of the molecule is C/C(Br)=C(\C=N/N(C=O)PI)N1CCc2c(ncn2Cc2ccccc2C(F)F)C1. The first kappa shape index (κ1) is 23.3. The number of hydrazone groups is 1. The molecule has 1 aliphatic heterocycles. The number of carbonyl (C=O) groups is 1. The van der Waals surface area contributed by atoms with E-state index in [1.165, 1.54) is 10.8 Å². The maximum atomic E-state index is 13.3. The summed E-state index contributed by atoms with van der Waals surface area (Å²) in [4.78, 5) is 17.7. The Balaban J connectivity index is 1.79. The van der Waals surface area contributed by atoms with Gasteiger partial charge in [0.2, 0.25) is 6.41 Å². The van der Waals surface area contributed by atoms with Crippen LogP contribution in [0.2, 0.25) is 0 Å². The van der Waals surface area contributed by atoms with Crippen LogP contribution < -0.4 is 0 Å². The normalized spacial score (nSPS) is 15.2. The Kier molecular flexibility index (Phi) is 8.35. The Hall–Kier alpha value is -1.39. The number of hydrogen-bond acceptors (Lipinski definition) is 4. The standard InChI is InChI=1S/C19H20BrF2IN5OP/c1-13(20)18(8-25-28(12-29)30-23)26-7-6-17-16(10-26)24-11-27(17)9-14-4-2-3-5-15(14)19(21)22/h2-5,8,11-12,19,30H,6-7,9-10H2,1H3/b18-13-,25-8-. The predicted octanol–water partition coefficient (Wildman–Crippen LogP) is 5.24. The van der Waals surface area contributed by atoms with E-state index in [9.17, 15) is 13.6 Å². The van der Waals surface area contributed by atoms with E-state index in [0.717, 1.165) is 34.5 Å². The third-order valence-corrected chi connectivity index (χ3v) is 7.09. The van der Waals surface area contributed by atoms with Gasteiger partial charge in [-0.25, -0.2) is 18.5 Å². The van der Waals surface area contributed by atoms with Gasteiger partial charge in [0.15, 0.2) is 0 Å². The van der Waals surface area contributed by atoms with Crippen LogP contribution in [0.1, 0.15) is 35.9 Å². The van der Waals surface area contributed by atoms with Crippen LogP contribution in [0.5, 0.6) is 0 Å². The molecular formula is C19H20BrF2IN5OP. The fourth-order valence-corrected chi connectivity index (χ4v) is 4.57. The highest BCUT2D eigenvalue weighted by Gasteiger charge is 2.23. The van der Waals surface area contributed by atoms with Crippen molar-refractivity contribution >= 4 is 57.0 Å². The Morgan fingerprint density at radius 3 is 2.90 bits per heavy atom. The van der Waals surface area contributed by atoms with Gasteiger partial charge in [-0.1, -0.05) is 40.2 Å². The van der Waals surface area contributed by atoms with Crippen LogP contribution >= 0.6 is 44.3 Å². The molecule has 0 aliphatic carbocycles. The first-order valence-electron chi connectivity index (χ1n) is 9.09. The molecule has 1 aromatic heterocycles. The predicted molar refractivity (Wildman–Crippen MR) is 127 cm³/mol. The van der Waals surface area contributed by atoms with Crippen LogP contribution in [0, 0.1) is 0 Å². The summed E-state index contributed by atoms with van der Waals surface area (Å²) >= 11 is 5.62. The minimum Gasteiger partial charge on any atom is -0.363 e. The lowest BCUT2D eigenvalue weighted by atomic mass is 10.1. The number of rotatable bonds is 8. The van der Waals surface area contributed by atoms with Gasteiger partial charge in [-0.3, -0.25) is 4.79 Å². The summed E-state index contributed by atoms with van der Waals surface area (Å²) in [6.07, 6.45) is 2.53. The molecule has 0 fully saturated rings. The first-order valence-corrected chi connectivity index (χ1v) is 13.9. The molecule has 2 heterocycles. The molecule has 6 nitrogen and oxygen atoms in total. The van der Waals surface area contributed by atoms with Gasteiger partial charge >= 0.3 is 0 Å². The number of nitrogens with zero attached hydrogens (tertiary/aromatic N) is 5. The molecule has 0 saturated carbocycles. The molecule has 30 heavy (non-hydrogen) atoms. The van der Waals surface area contributed by atoms with Crippen molar-refractivity contribution in [2.45, 2.75) is 32.9 Å². The highest BCUT2D eigenvalue weighted by Crippen LogP contribution is 2.28. The van der Waals surface area contributed by atoms with E-state index < -0.39 is 6.43 Å². The van der Waals surface area contributed by atoms with Crippen molar-refractivity contribution in [2.24, 2.45) is 5.10 Å². The highest BCUT2D eigenvalue weighted by molar-refractivity contribution is 14.2. The van der Waals surface area contributed by atoms with Crippen LogP contribution in [0.15, 0.2) is 45.9 Å². The Labute approximate surface area is 196 Å². The number of alkyl halides is 2. The minimum atomic E-state index is -2.50. The van der Waals surface area contributed by atoms with Crippen LogP contribution in [-0.2, 0) is 24.3 Å². The second-order valence-electron chi connectivity index (χ2n) is 6.63. The molecule has 0 spiro atoms. The summed E-state index contributed by atoms with van der Waals surface area (Å²) < 4.78 is 30.8. The molecular weight excluding hydrogens is 590 g/mol. The van der Waals surface area contributed by atoms with E-state index in [0.29, 0.717) is 25.1 Å². The summed E-state index contributed by atoms with van der Waals surface area (Å²) in [6, 6.07) is 6.62. The van der Waals surface area contributed by atoms with Crippen molar-refractivity contribution in [3.63, 3.8) is 0 Å². The molecule has 1 atom stereocenters. The summed E-state index contributed by atoms with van der Waals surface area (Å²) in [7, 11) is 0. The fourth-order valence-electron chi connectivity index (χ4n) is 3.36. The number of imidazole rings is 1. The largest absolute Gasteiger partial charge is 0.363 e. The van der Waals surface area contributed by atoms with Gasteiger partial charge in [-0.05, 0) is 34.5 Å². The van der Waals surface area contributed by atoms with Crippen LogP contribution in [0.3, 0.4) is 0 Å². The second kappa shape index (κ2) is 10.8. The zero-order chi connectivity index (χ0) is 21.7. The van der Waals surface area contributed by atoms with Crippen molar-refractivity contribution in [3.05, 3.63) is 63.3 Å². The fraction of sp³-hybridized carbons (Fsp3) is 0.316. The third-order valence-electron chi connectivity index (χ3n) is 4.81. The Bertz CT molecular complexity index is 964. The monoisotopic (exact) mass is 609 g/mol. The second-order valence-corrected chi connectivity index (χ2v) is 9.90. The maximum absolute atomic E-state index is 13.3. The summed E-state index contributed by atoms with van der Waals surface area (Å²) in [5, 5.41) is 4.22. The van der Waals surface area contributed by atoms with Crippen molar-refractivity contribution < 1.29 is 13.6 Å². The molecule has 0 saturated heterocycles. The summed E-state index contributed by atoms with van der Waals surface area (Å²) in [5.74, 6) is 0. The number of fused-ring (bicyclic) bond motifs is 1. The zero-order valence-electron chi connectivity index (χ0n) is 16.1. The molecule has 1 aliphatic rings. The van der Waals surface area contributed by atoms with E-state index in [-0.39, 0.29) is 11.9 Å². The Morgan fingerprint density at radius 2 is 2.23 bits per heavy atom. The minimum absolute atomic E-state index is 0.0597. The molecule has 1 unspecified atom stereocenters. The van der Waals surface area contributed by atoms with Crippen molar-refractivity contribution in [1.82, 2.24) is 19.2 Å². The Morgan fingerprint density at radius 1 is 1.47 bits per heavy atom. The van der Waals surface area contributed by atoms with Crippen LogP contribution in [0.4, 0.5) is 8.78 Å². The highest BCUT2D eigenvalue weighted by atomic mass is 127. The lowest BCUT2D eigenvalue weighted by molar-refractivity contribution is -0.113. The molecule has 1 aromatic carbocycles. The first-order chi connectivity index (χ1) is 14.4. The van der Waals surface area contributed by atoms with E-state index in [4.69, 9.17) is 0 Å². The smallest absolute Gasteiger partial charge is 0.264 e. The number of carbonyl (C=O) groups excluding carboxylic acids is 1. The van der Waals surface area contributed by atoms with Crippen molar-refractivity contribution in [3.8, 4) is 0 Å². The number of allylic oxidation sites excluding steroid dienone is 2. The van der Waals surface area contributed by atoms with Crippen molar-refractivity contribution in [1.29, 1.82) is 0 Å². The summed E-state index contributed by atoms with van der Waals surface area (Å²) in [6.45, 7) is 3.60. The van der Waals surface area contributed by atoms with E-state index in [2.05, 4.69) is 53.0 Å². The van der Waals surface area contributed by atoms with E-state index >= 15 is 0 Å². The number of hydrogen-bond donors (Lipinski definition) is 0. The number of halogens is 4. The molecule has 160 valence electrons. The van der Waals surface area contributed by atoms with Gasteiger partial charge in [-0.2, -0.15) is 5.10 Å². The quantitative estimate of drug-likeness (QED) is 0.135. The number of aromatic nitrogens is 2. The average molecular weight is 610 g/mol.